The molecule has 2 N–H and O–H groups in total. The van der Waals surface area contributed by atoms with Gasteiger partial charge in [0.15, 0.2) is 0 Å². The first kappa shape index (κ1) is 26.1. The summed E-state index contributed by atoms with van der Waals surface area (Å²) in [4.78, 5) is 24.1. The highest BCUT2D eigenvalue weighted by atomic mass is 16.5. The highest BCUT2D eigenvalue weighted by Gasteiger charge is 2.23. The first-order valence-corrected chi connectivity index (χ1v) is 12.3. The van der Waals surface area contributed by atoms with Crippen LogP contribution in [0.15, 0.2) is 54.7 Å². The summed E-state index contributed by atoms with van der Waals surface area (Å²) in [5.41, 5.74) is 2.66. The van der Waals surface area contributed by atoms with Crippen LogP contribution in [0.5, 0.6) is 5.75 Å². The van der Waals surface area contributed by atoms with Gasteiger partial charge in [0, 0.05) is 55.5 Å². The summed E-state index contributed by atoms with van der Waals surface area (Å²) >= 11 is 0. The van der Waals surface area contributed by atoms with Gasteiger partial charge < -0.3 is 20.1 Å². The first-order chi connectivity index (χ1) is 18.0. The second-order valence-corrected chi connectivity index (χ2v) is 9.02. The summed E-state index contributed by atoms with van der Waals surface area (Å²) in [6.07, 6.45) is 3.55. The maximum atomic E-state index is 13.0. The molecule has 192 valence electrons. The number of anilines is 1. The molecular formula is C28H32N6O3. The molecule has 1 amide bonds. The summed E-state index contributed by atoms with van der Waals surface area (Å²) in [6.45, 7) is 7.37. The Labute approximate surface area is 217 Å². The van der Waals surface area contributed by atoms with Crippen molar-refractivity contribution < 1.29 is 14.3 Å². The molecule has 0 saturated carbocycles. The predicted molar refractivity (Wildman–Crippen MR) is 144 cm³/mol. The quantitative estimate of drug-likeness (QED) is 0.406. The van der Waals surface area contributed by atoms with Gasteiger partial charge in [-0.05, 0) is 43.0 Å². The van der Waals surface area contributed by atoms with E-state index in [1.165, 1.54) is 0 Å². The molecule has 1 atom stereocenters. The topological polar surface area (TPSA) is 112 Å². The lowest BCUT2D eigenvalue weighted by molar-refractivity contribution is 0.0869. The van der Waals surface area contributed by atoms with Crippen molar-refractivity contribution in [2.75, 3.05) is 52.3 Å². The number of amides is 1. The molecule has 1 aliphatic heterocycles. The molecule has 0 radical (unpaired) electrons. The predicted octanol–water partition coefficient (Wildman–Crippen LogP) is 3.64. The smallest absolute Gasteiger partial charge is 0.289 e. The Kier molecular flexibility index (Phi) is 8.67. The number of hydrogen-bond donors (Lipinski definition) is 2. The van der Waals surface area contributed by atoms with Crippen LogP contribution in [-0.4, -0.2) is 73.8 Å². The van der Waals surface area contributed by atoms with Gasteiger partial charge in [0.05, 0.1) is 31.2 Å². The number of piperidine rings is 1. The van der Waals surface area contributed by atoms with Gasteiger partial charge in [-0.3, -0.25) is 9.69 Å². The average Bonchev–Trinajstić information content (AvgIpc) is 2.94. The van der Waals surface area contributed by atoms with E-state index in [-0.39, 0.29) is 17.8 Å². The van der Waals surface area contributed by atoms with E-state index in [1.807, 2.05) is 30.3 Å². The van der Waals surface area contributed by atoms with Gasteiger partial charge in [0.1, 0.15) is 5.75 Å². The number of carbonyl (C=O) groups excluding carboxylic acids is 1. The zero-order valence-corrected chi connectivity index (χ0v) is 21.3. The van der Waals surface area contributed by atoms with Gasteiger partial charge in [0.2, 0.25) is 5.82 Å². The fourth-order valence-electron chi connectivity index (χ4n) is 4.52. The monoisotopic (exact) mass is 500 g/mol. The fraction of sp³-hybridized carbons (Fsp3) is 0.357. The summed E-state index contributed by atoms with van der Waals surface area (Å²) in [7, 11) is 3.30. The Balaban J connectivity index is 1.56. The number of nitrogens with one attached hydrogen (secondary N) is 2. The number of ether oxygens (including phenoxy) is 2. The van der Waals surface area contributed by atoms with Crippen LogP contribution in [0.1, 0.15) is 23.5 Å². The van der Waals surface area contributed by atoms with Gasteiger partial charge in [-0.15, -0.1) is 0 Å². The SMILES string of the molecule is C=C(C#N)CNc1c(OC)ccc2ccc(-c3ccnc(C(=O)N[C@@H]4CCCN(CCOC)C4)n3)cc12. The molecule has 9 nitrogen and oxygen atoms in total. The van der Waals surface area contributed by atoms with Crippen molar-refractivity contribution in [1.82, 2.24) is 20.2 Å². The highest BCUT2D eigenvalue weighted by molar-refractivity contribution is 5.99. The average molecular weight is 501 g/mol. The molecule has 2 heterocycles. The maximum Gasteiger partial charge on any atom is 0.289 e. The lowest BCUT2D eigenvalue weighted by Gasteiger charge is -2.32. The van der Waals surface area contributed by atoms with Crippen LogP contribution < -0.4 is 15.4 Å². The number of nitrogens with zero attached hydrogens (tertiary/aromatic N) is 4. The van der Waals surface area contributed by atoms with E-state index in [0.717, 1.165) is 54.5 Å². The molecule has 1 aromatic heterocycles. The van der Waals surface area contributed by atoms with Crippen LogP contribution in [0.4, 0.5) is 5.69 Å². The number of hydrogen-bond acceptors (Lipinski definition) is 8. The largest absolute Gasteiger partial charge is 0.495 e. The number of nitriles is 1. The summed E-state index contributed by atoms with van der Waals surface area (Å²) in [5, 5.41) is 17.4. The van der Waals surface area contributed by atoms with Crippen LogP contribution in [0.3, 0.4) is 0 Å². The summed E-state index contributed by atoms with van der Waals surface area (Å²) in [5.74, 6) is 0.520. The zero-order chi connectivity index (χ0) is 26.2. The Hall–Kier alpha value is -4.00. The van der Waals surface area contributed by atoms with Crippen LogP contribution in [0.25, 0.3) is 22.0 Å². The molecule has 1 fully saturated rings. The fourth-order valence-corrected chi connectivity index (χ4v) is 4.52. The van der Waals surface area contributed by atoms with Crippen molar-refractivity contribution in [3.8, 4) is 23.1 Å². The van der Waals surface area contributed by atoms with E-state index in [1.54, 1.807) is 26.5 Å². The molecule has 0 unspecified atom stereocenters. The van der Waals surface area contributed by atoms with Crippen molar-refractivity contribution in [3.63, 3.8) is 0 Å². The lowest BCUT2D eigenvalue weighted by atomic mass is 10.0. The van der Waals surface area contributed by atoms with E-state index in [0.29, 0.717) is 30.2 Å². The van der Waals surface area contributed by atoms with Crippen LogP contribution in [-0.2, 0) is 4.74 Å². The van der Waals surface area contributed by atoms with Crippen molar-refractivity contribution in [1.29, 1.82) is 5.26 Å². The van der Waals surface area contributed by atoms with E-state index in [2.05, 4.69) is 38.1 Å². The molecule has 0 spiro atoms. The number of benzene rings is 2. The second-order valence-electron chi connectivity index (χ2n) is 9.02. The zero-order valence-electron chi connectivity index (χ0n) is 21.3. The number of likely N-dealkylation sites (tertiary alicyclic amines) is 1. The third-order valence-corrected chi connectivity index (χ3v) is 6.45. The molecule has 1 saturated heterocycles. The third kappa shape index (κ3) is 6.42. The Morgan fingerprint density at radius 3 is 2.89 bits per heavy atom. The van der Waals surface area contributed by atoms with Gasteiger partial charge >= 0.3 is 0 Å². The van der Waals surface area contributed by atoms with Gasteiger partial charge in [-0.1, -0.05) is 24.8 Å². The minimum atomic E-state index is -0.278. The van der Waals surface area contributed by atoms with E-state index < -0.39 is 0 Å². The van der Waals surface area contributed by atoms with Crippen molar-refractivity contribution in [3.05, 3.63) is 60.6 Å². The molecule has 4 rings (SSSR count). The molecule has 9 heteroatoms. The standard InChI is InChI=1S/C28H32N6O3/c1-19(16-29)17-31-26-23-15-21(7-6-20(23)8-9-25(26)37-3)24-10-11-30-27(33-24)28(35)32-22-5-4-12-34(18-22)13-14-36-2/h6-11,15,22,31H,1,4-5,12-14,17-18H2,2-3H3,(H,32,35)/t22-/m1/s1. The van der Waals surface area contributed by atoms with Crippen molar-refractivity contribution >= 4 is 22.4 Å². The molecular weight excluding hydrogens is 468 g/mol. The summed E-state index contributed by atoms with van der Waals surface area (Å²) in [6, 6.07) is 13.7. The summed E-state index contributed by atoms with van der Waals surface area (Å²) < 4.78 is 10.7. The van der Waals surface area contributed by atoms with Crippen LogP contribution in [0.2, 0.25) is 0 Å². The van der Waals surface area contributed by atoms with Gasteiger partial charge in [0.25, 0.3) is 5.91 Å². The Morgan fingerprint density at radius 1 is 1.27 bits per heavy atom. The van der Waals surface area contributed by atoms with E-state index in [9.17, 15) is 4.79 Å². The van der Waals surface area contributed by atoms with Crippen molar-refractivity contribution in [2.45, 2.75) is 18.9 Å². The number of carbonyl (C=O) groups is 1. The van der Waals surface area contributed by atoms with Crippen molar-refractivity contribution in [2.24, 2.45) is 0 Å². The molecule has 0 bridgehead atoms. The van der Waals surface area contributed by atoms with Gasteiger partial charge in [-0.2, -0.15) is 5.26 Å². The van der Waals surface area contributed by atoms with Crippen LogP contribution >= 0.6 is 0 Å². The lowest BCUT2D eigenvalue weighted by Crippen LogP contribution is -2.48. The minimum Gasteiger partial charge on any atom is -0.495 e. The first-order valence-electron chi connectivity index (χ1n) is 12.3. The Morgan fingerprint density at radius 2 is 2.11 bits per heavy atom. The number of methoxy groups -OCH3 is 2. The molecule has 0 aliphatic carbocycles. The normalized spacial score (nSPS) is 15.6. The molecule has 3 aromatic rings. The van der Waals surface area contributed by atoms with E-state index >= 15 is 0 Å². The minimum absolute atomic E-state index is 0.0512. The number of fused-ring (bicyclic) bond motifs is 1. The third-order valence-electron chi connectivity index (χ3n) is 6.45. The molecule has 37 heavy (non-hydrogen) atoms. The van der Waals surface area contributed by atoms with Gasteiger partial charge in [-0.25, -0.2) is 9.97 Å². The Bertz CT molecular complexity index is 1320. The van der Waals surface area contributed by atoms with E-state index in [4.69, 9.17) is 14.7 Å². The highest BCUT2D eigenvalue weighted by Crippen LogP contribution is 2.35. The number of aromatic nitrogens is 2. The second kappa shape index (κ2) is 12.3. The molecule has 2 aromatic carbocycles. The number of rotatable bonds is 10. The maximum absolute atomic E-state index is 13.0. The molecule has 1 aliphatic rings. The van der Waals surface area contributed by atoms with Crippen LogP contribution in [0, 0.1) is 11.3 Å².